The maximum atomic E-state index is 12.8. The second kappa shape index (κ2) is 8.95. The third-order valence-corrected chi connectivity index (χ3v) is 4.57. The zero-order chi connectivity index (χ0) is 21.0. The van der Waals surface area contributed by atoms with Gasteiger partial charge in [0.1, 0.15) is 11.6 Å². The molecule has 2 N–H and O–H groups in total. The molecule has 0 aliphatic rings. The third-order valence-electron chi connectivity index (χ3n) is 4.33. The fourth-order valence-corrected chi connectivity index (χ4v) is 3.10. The van der Waals surface area contributed by atoms with E-state index in [1.54, 1.807) is 39.2 Å². The zero-order valence-corrected chi connectivity index (χ0v) is 17.2. The topological polar surface area (TPSA) is 111 Å². The highest BCUT2D eigenvalue weighted by atomic mass is 35.5. The number of hydrogen-bond donors (Lipinski definition) is 2. The minimum absolute atomic E-state index is 0.120. The Labute approximate surface area is 172 Å². The number of anilines is 1. The Morgan fingerprint density at radius 1 is 1.34 bits per heavy atom. The molecule has 1 aromatic carbocycles. The minimum Gasteiger partial charge on any atom is -0.495 e. The number of ether oxygens (including phenoxy) is 2. The molecule has 0 bridgehead atoms. The summed E-state index contributed by atoms with van der Waals surface area (Å²) < 4.78 is 11.5. The van der Waals surface area contributed by atoms with E-state index in [1.165, 1.54) is 4.52 Å². The molecule has 2 heterocycles. The van der Waals surface area contributed by atoms with E-state index in [-0.39, 0.29) is 30.1 Å². The SMILES string of the molecule is CCOC(=O)CCc1c(C)nc2nc(CNc3cc(Cl)ccc3OC)[nH]n2c1=O. The normalized spacial score (nSPS) is 10.9. The molecule has 0 amide bonds. The van der Waals surface area contributed by atoms with Gasteiger partial charge in [-0.05, 0) is 38.5 Å². The number of nitrogens with zero attached hydrogens (tertiary/aromatic N) is 3. The first kappa shape index (κ1) is 20.7. The van der Waals surface area contributed by atoms with E-state index in [2.05, 4.69) is 20.4 Å². The second-order valence-corrected chi connectivity index (χ2v) is 6.73. The van der Waals surface area contributed by atoms with Crippen molar-refractivity contribution in [3.8, 4) is 5.75 Å². The first-order valence-corrected chi connectivity index (χ1v) is 9.50. The molecule has 9 nitrogen and oxygen atoms in total. The molecule has 0 aliphatic heterocycles. The summed E-state index contributed by atoms with van der Waals surface area (Å²) in [6.45, 7) is 4.08. The summed E-state index contributed by atoms with van der Waals surface area (Å²) in [6.07, 6.45) is 0.376. The van der Waals surface area contributed by atoms with Gasteiger partial charge in [0, 0.05) is 17.0 Å². The molecule has 3 rings (SSSR count). The first-order chi connectivity index (χ1) is 13.9. The van der Waals surface area contributed by atoms with Crippen molar-refractivity contribution in [1.82, 2.24) is 19.6 Å². The number of nitrogens with one attached hydrogen (secondary N) is 2. The van der Waals surface area contributed by atoms with Crippen molar-refractivity contribution in [3.05, 3.63) is 50.7 Å². The number of aromatic amines is 1. The van der Waals surface area contributed by atoms with Crippen molar-refractivity contribution < 1.29 is 14.3 Å². The van der Waals surface area contributed by atoms with Crippen LogP contribution >= 0.6 is 11.6 Å². The van der Waals surface area contributed by atoms with Gasteiger partial charge in [0.25, 0.3) is 11.3 Å². The largest absolute Gasteiger partial charge is 0.495 e. The summed E-state index contributed by atoms with van der Waals surface area (Å²) in [4.78, 5) is 33.1. The lowest BCUT2D eigenvalue weighted by atomic mass is 10.1. The minimum atomic E-state index is -0.346. The number of esters is 1. The number of aryl methyl sites for hydroxylation is 1. The molecule has 2 aromatic heterocycles. The van der Waals surface area contributed by atoms with Crippen molar-refractivity contribution in [1.29, 1.82) is 0 Å². The van der Waals surface area contributed by atoms with E-state index in [1.807, 2.05) is 0 Å². The molecule has 29 heavy (non-hydrogen) atoms. The Bertz CT molecular complexity index is 1090. The molecular formula is C19H22ClN5O4. The van der Waals surface area contributed by atoms with Crippen molar-refractivity contribution in [2.24, 2.45) is 0 Å². The highest BCUT2D eigenvalue weighted by molar-refractivity contribution is 6.30. The average Bonchev–Trinajstić information content (AvgIpc) is 3.09. The molecule has 0 unspecified atom stereocenters. The highest BCUT2D eigenvalue weighted by Crippen LogP contribution is 2.27. The van der Waals surface area contributed by atoms with Crippen LogP contribution in [0.3, 0.4) is 0 Å². The molecule has 0 atom stereocenters. The van der Waals surface area contributed by atoms with Gasteiger partial charge in [0.2, 0.25) is 0 Å². The summed E-state index contributed by atoms with van der Waals surface area (Å²) in [6, 6.07) is 5.23. The smallest absolute Gasteiger partial charge is 0.306 e. The fraction of sp³-hybridized carbons (Fsp3) is 0.368. The molecule has 10 heteroatoms. The van der Waals surface area contributed by atoms with Crippen molar-refractivity contribution in [3.63, 3.8) is 0 Å². The quantitative estimate of drug-likeness (QED) is 0.539. The zero-order valence-electron chi connectivity index (χ0n) is 16.4. The van der Waals surface area contributed by atoms with Crippen LogP contribution in [0.25, 0.3) is 5.78 Å². The number of methoxy groups -OCH3 is 1. The van der Waals surface area contributed by atoms with Gasteiger partial charge in [-0.1, -0.05) is 11.6 Å². The van der Waals surface area contributed by atoms with Gasteiger partial charge in [-0.15, -0.1) is 0 Å². The van der Waals surface area contributed by atoms with Crippen LogP contribution < -0.4 is 15.6 Å². The van der Waals surface area contributed by atoms with Gasteiger partial charge in [-0.25, -0.2) is 4.98 Å². The van der Waals surface area contributed by atoms with Gasteiger partial charge in [-0.3, -0.25) is 14.7 Å². The molecular weight excluding hydrogens is 398 g/mol. The third kappa shape index (κ3) is 4.68. The predicted molar refractivity (Wildman–Crippen MR) is 109 cm³/mol. The highest BCUT2D eigenvalue weighted by Gasteiger charge is 2.15. The molecule has 0 fully saturated rings. The maximum absolute atomic E-state index is 12.8. The van der Waals surface area contributed by atoms with Crippen LogP contribution in [-0.2, 0) is 22.5 Å². The Morgan fingerprint density at radius 3 is 2.86 bits per heavy atom. The Kier molecular flexibility index (Phi) is 6.38. The van der Waals surface area contributed by atoms with E-state index in [4.69, 9.17) is 21.1 Å². The first-order valence-electron chi connectivity index (χ1n) is 9.13. The summed E-state index contributed by atoms with van der Waals surface area (Å²) in [5, 5.41) is 6.69. The maximum Gasteiger partial charge on any atom is 0.306 e. The van der Waals surface area contributed by atoms with E-state index in [0.29, 0.717) is 46.7 Å². The van der Waals surface area contributed by atoms with Gasteiger partial charge < -0.3 is 14.8 Å². The molecule has 0 saturated heterocycles. The van der Waals surface area contributed by atoms with Gasteiger partial charge in [0.05, 0.1) is 31.6 Å². The number of benzene rings is 1. The number of rotatable bonds is 8. The molecule has 0 aliphatic carbocycles. The van der Waals surface area contributed by atoms with Crippen LogP contribution in [0.15, 0.2) is 23.0 Å². The van der Waals surface area contributed by atoms with Crippen LogP contribution in [-0.4, -0.2) is 39.3 Å². The lowest BCUT2D eigenvalue weighted by Gasteiger charge is -2.10. The number of halogens is 1. The number of carbonyl (C=O) groups is 1. The van der Waals surface area contributed by atoms with Crippen molar-refractivity contribution in [2.75, 3.05) is 19.0 Å². The second-order valence-electron chi connectivity index (χ2n) is 6.29. The van der Waals surface area contributed by atoms with E-state index < -0.39 is 0 Å². The molecule has 0 spiro atoms. The van der Waals surface area contributed by atoms with Crippen LogP contribution in [0.5, 0.6) is 5.75 Å². The molecule has 3 aromatic rings. The Morgan fingerprint density at radius 2 is 2.14 bits per heavy atom. The summed E-state index contributed by atoms with van der Waals surface area (Å²) in [5.74, 6) is 1.07. The number of aromatic nitrogens is 4. The number of H-pyrrole nitrogens is 1. The molecule has 154 valence electrons. The van der Waals surface area contributed by atoms with Crippen molar-refractivity contribution in [2.45, 2.75) is 33.2 Å². The van der Waals surface area contributed by atoms with E-state index >= 15 is 0 Å². The average molecular weight is 420 g/mol. The number of carbonyl (C=O) groups excluding carboxylic acids is 1. The van der Waals surface area contributed by atoms with E-state index in [0.717, 1.165) is 0 Å². The lowest BCUT2D eigenvalue weighted by molar-refractivity contribution is -0.143. The van der Waals surface area contributed by atoms with Gasteiger partial charge in [0.15, 0.2) is 0 Å². The standard InChI is InChI=1S/C19H22ClN5O4/c1-4-29-17(26)8-6-13-11(2)22-19-23-16(24-25(19)18(13)27)10-21-14-9-12(20)5-7-15(14)28-3/h5,7,9,21H,4,6,8,10H2,1-3H3,(H,22,23,24). The van der Waals surface area contributed by atoms with Crippen molar-refractivity contribution >= 4 is 29.0 Å². The molecule has 0 radical (unpaired) electrons. The van der Waals surface area contributed by atoms with Crippen LogP contribution in [0.1, 0.15) is 30.4 Å². The van der Waals surface area contributed by atoms with Gasteiger partial charge >= 0.3 is 5.97 Å². The van der Waals surface area contributed by atoms with Crippen LogP contribution in [0.4, 0.5) is 5.69 Å². The Hall–Kier alpha value is -3.07. The summed E-state index contributed by atoms with van der Waals surface area (Å²) in [7, 11) is 1.57. The van der Waals surface area contributed by atoms with Crippen LogP contribution in [0, 0.1) is 6.92 Å². The van der Waals surface area contributed by atoms with E-state index in [9.17, 15) is 9.59 Å². The summed E-state index contributed by atoms with van der Waals surface area (Å²) in [5.41, 5.74) is 1.42. The number of hydrogen-bond acceptors (Lipinski definition) is 7. The lowest BCUT2D eigenvalue weighted by Crippen LogP contribution is -2.23. The fourth-order valence-electron chi connectivity index (χ4n) is 2.92. The van der Waals surface area contributed by atoms with Crippen LogP contribution in [0.2, 0.25) is 5.02 Å². The molecule has 0 saturated carbocycles. The predicted octanol–water partition coefficient (Wildman–Crippen LogP) is 2.50. The summed E-state index contributed by atoms with van der Waals surface area (Å²) >= 11 is 6.04. The van der Waals surface area contributed by atoms with Gasteiger partial charge in [-0.2, -0.15) is 9.50 Å². The number of fused-ring (bicyclic) bond motifs is 1. The Balaban J connectivity index is 1.81. The monoisotopic (exact) mass is 419 g/mol.